The van der Waals surface area contributed by atoms with E-state index in [4.69, 9.17) is 14.9 Å². The molecule has 0 bridgehead atoms. The number of ketones is 1. The van der Waals surface area contributed by atoms with Crippen LogP contribution in [0.2, 0.25) is 0 Å². The molecule has 1 aliphatic carbocycles. The number of hydrogen-bond donors (Lipinski definition) is 2. The van der Waals surface area contributed by atoms with Crippen LogP contribution in [-0.4, -0.2) is 41.3 Å². The van der Waals surface area contributed by atoms with Gasteiger partial charge in [-0.2, -0.15) is 0 Å². The third kappa shape index (κ3) is 9.83. The molecule has 1 unspecified atom stereocenters. The Labute approximate surface area is 145 Å². The Bertz CT molecular complexity index is 403. The summed E-state index contributed by atoms with van der Waals surface area (Å²) in [7, 11) is 0. The fraction of sp³-hybridized carbons (Fsp3) is 0.789. The number of allylic oxidation sites excluding steroid dienone is 2. The molecule has 24 heavy (non-hydrogen) atoms. The van der Waals surface area contributed by atoms with E-state index < -0.39 is 12.7 Å². The molecule has 2 N–H and O–H groups in total. The summed E-state index contributed by atoms with van der Waals surface area (Å²) >= 11 is 0. The number of hydrogen-bond acceptors (Lipinski definition) is 5. The van der Waals surface area contributed by atoms with Crippen LogP contribution in [0.1, 0.15) is 77.0 Å². The fourth-order valence-corrected chi connectivity index (χ4v) is 2.84. The second-order valence-corrected chi connectivity index (χ2v) is 6.54. The molecule has 1 atom stereocenters. The maximum absolute atomic E-state index is 11.9. The Balaban J connectivity index is 1.85. The van der Waals surface area contributed by atoms with Gasteiger partial charge in [0.25, 0.3) is 0 Å². The molecule has 0 saturated carbocycles. The van der Waals surface area contributed by atoms with Crippen LogP contribution < -0.4 is 0 Å². The van der Waals surface area contributed by atoms with Crippen LogP contribution in [0.25, 0.3) is 0 Å². The molecule has 0 heterocycles. The first kappa shape index (κ1) is 20.8. The van der Waals surface area contributed by atoms with Gasteiger partial charge in [-0.3, -0.25) is 9.59 Å². The first-order valence-corrected chi connectivity index (χ1v) is 9.30. The number of aliphatic hydroxyl groups is 2. The molecular formula is C19H32O5. The summed E-state index contributed by atoms with van der Waals surface area (Å²) in [6, 6.07) is 0. The Morgan fingerprint density at radius 2 is 1.67 bits per heavy atom. The van der Waals surface area contributed by atoms with Crippen LogP contribution in [0.4, 0.5) is 0 Å². The van der Waals surface area contributed by atoms with Crippen molar-refractivity contribution in [3.63, 3.8) is 0 Å². The average molecular weight is 340 g/mol. The number of aliphatic hydroxyl groups excluding tert-OH is 2. The number of esters is 1. The topological polar surface area (TPSA) is 83.8 Å². The van der Waals surface area contributed by atoms with Crippen LogP contribution >= 0.6 is 0 Å². The minimum absolute atomic E-state index is 0.134. The highest BCUT2D eigenvalue weighted by atomic mass is 16.5. The molecule has 138 valence electrons. The average Bonchev–Trinajstić information content (AvgIpc) is 3.12. The van der Waals surface area contributed by atoms with E-state index in [1.165, 1.54) is 0 Å². The van der Waals surface area contributed by atoms with Gasteiger partial charge in [0.2, 0.25) is 0 Å². The maximum atomic E-state index is 11.9. The molecule has 5 nitrogen and oxygen atoms in total. The van der Waals surface area contributed by atoms with Crippen molar-refractivity contribution in [2.75, 3.05) is 13.2 Å². The molecule has 0 saturated heterocycles. The maximum Gasteiger partial charge on any atom is 0.305 e. The Morgan fingerprint density at radius 1 is 1.04 bits per heavy atom. The predicted octanol–water partition coefficient (Wildman–Crippen LogP) is 3.07. The Hall–Kier alpha value is -1.20. The van der Waals surface area contributed by atoms with Crippen LogP contribution in [0.15, 0.2) is 11.6 Å². The minimum Gasteiger partial charge on any atom is -0.463 e. The van der Waals surface area contributed by atoms with Gasteiger partial charge in [0.1, 0.15) is 12.7 Å². The number of carbonyl (C=O) groups is 2. The van der Waals surface area contributed by atoms with Gasteiger partial charge in [-0.1, -0.05) is 38.2 Å². The Morgan fingerprint density at radius 3 is 2.25 bits per heavy atom. The zero-order valence-electron chi connectivity index (χ0n) is 14.7. The van der Waals surface area contributed by atoms with Crippen molar-refractivity contribution in [2.24, 2.45) is 0 Å². The van der Waals surface area contributed by atoms with E-state index in [1.807, 2.05) is 0 Å². The smallest absolute Gasteiger partial charge is 0.305 e. The SMILES string of the molecule is O=C(CCCCCCCCCC(=O)C1=CCCC1)OCC(O)CO. The molecule has 0 amide bonds. The highest BCUT2D eigenvalue weighted by Crippen LogP contribution is 2.20. The lowest BCUT2D eigenvalue weighted by molar-refractivity contribution is -0.147. The van der Waals surface area contributed by atoms with Crippen LogP contribution in [-0.2, 0) is 14.3 Å². The van der Waals surface area contributed by atoms with Gasteiger partial charge in [-0.25, -0.2) is 0 Å². The van der Waals surface area contributed by atoms with Gasteiger partial charge < -0.3 is 14.9 Å². The summed E-state index contributed by atoms with van der Waals surface area (Å²) in [5, 5.41) is 17.7. The van der Waals surface area contributed by atoms with Gasteiger partial charge >= 0.3 is 5.97 Å². The van der Waals surface area contributed by atoms with E-state index in [0.717, 1.165) is 69.8 Å². The zero-order valence-corrected chi connectivity index (χ0v) is 14.7. The van der Waals surface area contributed by atoms with Crippen molar-refractivity contribution in [1.29, 1.82) is 0 Å². The highest BCUT2D eigenvalue weighted by Gasteiger charge is 2.12. The molecule has 0 radical (unpaired) electrons. The van der Waals surface area contributed by atoms with Crippen molar-refractivity contribution in [3.8, 4) is 0 Å². The first-order chi connectivity index (χ1) is 11.6. The van der Waals surface area contributed by atoms with Crippen molar-refractivity contribution in [3.05, 3.63) is 11.6 Å². The van der Waals surface area contributed by atoms with Gasteiger partial charge in [0.15, 0.2) is 5.78 Å². The molecule has 0 aromatic rings. The van der Waals surface area contributed by atoms with Gasteiger partial charge in [-0.05, 0) is 37.7 Å². The summed E-state index contributed by atoms with van der Waals surface area (Å²) in [6.45, 7) is -0.526. The van der Waals surface area contributed by atoms with E-state index in [0.29, 0.717) is 18.6 Å². The lowest BCUT2D eigenvalue weighted by Crippen LogP contribution is -2.21. The minimum atomic E-state index is -0.981. The molecular weight excluding hydrogens is 308 g/mol. The highest BCUT2D eigenvalue weighted by molar-refractivity contribution is 5.95. The summed E-state index contributed by atoms with van der Waals surface area (Å²) in [4.78, 5) is 23.2. The quantitative estimate of drug-likeness (QED) is 0.375. The van der Waals surface area contributed by atoms with Crippen molar-refractivity contribution in [1.82, 2.24) is 0 Å². The van der Waals surface area contributed by atoms with E-state index in [1.54, 1.807) is 0 Å². The lowest BCUT2D eigenvalue weighted by Gasteiger charge is -2.08. The zero-order chi connectivity index (χ0) is 17.6. The second-order valence-electron chi connectivity index (χ2n) is 6.54. The largest absolute Gasteiger partial charge is 0.463 e. The lowest BCUT2D eigenvalue weighted by atomic mass is 10.0. The third-order valence-electron chi connectivity index (χ3n) is 4.33. The number of carbonyl (C=O) groups excluding carboxylic acids is 2. The van der Waals surface area contributed by atoms with Gasteiger partial charge in [0, 0.05) is 12.8 Å². The summed E-state index contributed by atoms with van der Waals surface area (Å²) < 4.78 is 4.83. The number of rotatable bonds is 14. The molecule has 1 rings (SSSR count). The number of Topliss-reactive ketones (excluding diaryl/α,β-unsaturated/α-hetero) is 1. The third-order valence-corrected chi connectivity index (χ3v) is 4.33. The normalized spacial score (nSPS) is 15.2. The second kappa shape index (κ2) is 13.1. The fourth-order valence-electron chi connectivity index (χ4n) is 2.84. The number of unbranched alkanes of at least 4 members (excludes halogenated alkanes) is 6. The monoisotopic (exact) mass is 340 g/mol. The van der Waals surface area contributed by atoms with Crippen LogP contribution in [0.5, 0.6) is 0 Å². The van der Waals surface area contributed by atoms with Gasteiger partial charge in [-0.15, -0.1) is 0 Å². The summed E-state index contributed by atoms with van der Waals surface area (Å²) in [5.41, 5.74) is 1.05. The Kier molecular flexibility index (Phi) is 11.4. The standard InChI is InChI=1S/C19H32O5/c20-14-17(21)15-24-19(23)13-7-5-3-1-2-4-6-12-18(22)16-10-8-9-11-16/h10,17,20-21H,1-9,11-15H2. The van der Waals surface area contributed by atoms with Crippen LogP contribution in [0, 0.1) is 0 Å². The van der Waals surface area contributed by atoms with Crippen molar-refractivity contribution < 1.29 is 24.5 Å². The molecule has 1 aliphatic rings. The molecule has 0 fully saturated rings. The van der Waals surface area contributed by atoms with E-state index in [2.05, 4.69) is 6.08 Å². The summed E-state index contributed by atoms with van der Waals surface area (Å²) in [5.74, 6) is 0.0274. The van der Waals surface area contributed by atoms with Crippen molar-refractivity contribution >= 4 is 11.8 Å². The van der Waals surface area contributed by atoms with E-state index in [-0.39, 0.29) is 12.6 Å². The summed E-state index contributed by atoms with van der Waals surface area (Å²) in [6.07, 6.45) is 12.6. The van der Waals surface area contributed by atoms with Crippen LogP contribution in [0.3, 0.4) is 0 Å². The molecule has 0 spiro atoms. The molecule has 0 aliphatic heterocycles. The predicted molar refractivity (Wildman–Crippen MR) is 92.5 cm³/mol. The molecule has 0 aromatic carbocycles. The molecule has 5 heteroatoms. The van der Waals surface area contributed by atoms with Crippen molar-refractivity contribution in [2.45, 2.75) is 83.2 Å². The van der Waals surface area contributed by atoms with E-state index >= 15 is 0 Å². The van der Waals surface area contributed by atoms with Gasteiger partial charge in [0.05, 0.1) is 6.61 Å². The molecule has 0 aromatic heterocycles. The number of ether oxygens (including phenoxy) is 1. The van der Waals surface area contributed by atoms with E-state index in [9.17, 15) is 9.59 Å². The first-order valence-electron chi connectivity index (χ1n) is 9.30.